The first-order valence-electron chi connectivity index (χ1n) is 6.28. The van der Waals surface area contributed by atoms with Crippen LogP contribution in [0.25, 0.3) is 0 Å². The minimum Gasteiger partial charge on any atom is -0.313 e. The highest BCUT2D eigenvalue weighted by Crippen LogP contribution is 2.20. The highest BCUT2D eigenvalue weighted by atomic mass is 14.9. The van der Waals surface area contributed by atoms with Gasteiger partial charge >= 0.3 is 0 Å². The zero-order valence-corrected chi connectivity index (χ0v) is 10.9. The molecule has 94 valence electrons. The van der Waals surface area contributed by atoms with Crippen LogP contribution in [0.15, 0.2) is 43.0 Å². The van der Waals surface area contributed by atoms with Gasteiger partial charge in [-0.25, -0.2) is 0 Å². The molecule has 1 atom stereocenters. The smallest absolute Gasteiger partial charge is 0.0338 e. The maximum absolute atomic E-state index is 4.22. The van der Waals surface area contributed by atoms with Gasteiger partial charge in [-0.2, -0.15) is 0 Å². The number of pyridine rings is 2. The lowest BCUT2D eigenvalue weighted by atomic mass is 9.98. The summed E-state index contributed by atoms with van der Waals surface area (Å²) in [6.07, 6.45) is 9.61. The van der Waals surface area contributed by atoms with E-state index in [1.807, 2.05) is 37.9 Å². The van der Waals surface area contributed by atoms with Crippen molar-refractivity contribution in [1.82, 2.24) is 15.3 Å². The van der Waals surface area contributed by atoms with Crippen LogP contribution in [-0.2, 0) is 6.42 Å². The average molecular weight is 241 g/mol. The quantitative estimate of drug-likeness (QED) is 0.874. The van der Waals surface area contributed by atoms with E-state index in [9.17, 15) is 0 Å². The van der Waals surface area contributed by atoms with Crippen molar-refractivity contribution in [3.8, 4) is 0 Å². The summed E-state index contributed by atoms with van der Waals surface area (Å²) in [6.45, 7) is 2.13. The van der Waals surface area contributed by atoms with E-state index in [0.29, 0.717) is 6.04 Å². The van der Waals surface area contributed by atoms with Crippen LogP contribution in [0.1, 0.15) is 29.2 Å². The first-order chi connectivity index (χ1) is 8.81. The Kier molecular flexibility index (Phi) is 4.42. The van der Waals surface area contributed by atoms with Crippen molar-refractivity contribution in [2.75, 3.05) is 7.05 Å². The molecule has 0 saturated carbocycles. The Labute approximate surface area is 108 Å². The van der Waals surface area contributed by atoms with E-state index in [0.717, 1.165) is 12.8 Å². The van der Waals surface area contributed by atoms with Gasteiger partial charge in [0.25, 0.3) is 0 Å². The molecule has 2 aromatic heterocycles. The van der Waals surface area contributed by atoms with E-state index in [-0.39, 0.29) is 0 Å². The molecule has 2 heterocycles. The molecule has 3 heteroatoms. The molecule has 3 nitrogen and oxygen atoms in total. The predicted octanol–water partition coefficient (Wildman–Crippen LogP) is 2.68. The molecule has 0 amide bonds. The molecule has 0 saturated heterocycles. The third-order valence-electron chi connectivity index (χ3n) is 3.25. The highest BCUT2D eigenvalue weighted by Gasteiger charge is 2.11. The lowest BCUT2D eigenvalue weighted by molar-refractivity contribution is 0.544. The molecular formula is C15H19N3. The molecule has 0 aromatic carbocycles. The summed E-state index contributed by atoms with van der Waals surface area (Å²) >= 11 is 0. The van der Waals surface area contributed by atoms with Crippen molar-refractivity contribution < 1.29 is 0 Å². The lowest BCUT2D eigenvalue weighted by Gasteiger charge is -2.18. The van der Waals surface area contributed by atoms with Crippen LogP contribution in [0.4, 0.5) is 0 Å². The Hall–Kier alpha value is -1.74. The Morgan fingerprint density at radius 2 is 2.00 bits per heavy atom. The van der Waals surface area contributed by atoms with Gasteiger partial charge in [0.05, 0.1) is 0 Å². The van der Waals surface area contributed by atoms with Gasteiger partial charge < -0.3 is 5.32 Å². The van der Waals surface area contributed by atoms with Crippen LogP contribution >= 0.6 is 0 Å². The fourth-order valence-electron chi connectivity index (χ4n) is 2.15. The Bertz CT molecular complexity index is 482. The Morgan fingerprint density at radius 3 is 2.67 bits per heavy atom. The second kappa shape index (κ2) is 6.26. The summed E-state index contributed by atoms with van der Waals surface area (Å²) < 4.78 is 0. The minimum atomic E-state index is 0.346. The fraction of sp³-hybridized carbons (Fsp3) is 0.333. The lowest BCUT2D eigenvalue weighted by Crippen LogP contribution is -2.18. The van der Waals surface area contributed by atoms with E-state index in [2.05, 4.69) is 34.3 Å². The van der Waals surface area contributed by atoms with E-state index in [1.165, 1.54) is 16.7 Å². The molecule has 1 unspecified atom stereocenters. The van der Waals surface area contributed by atoms with Gasteiger partial charge in [0.1, 0.15) is 0 Å². The number of hydrogen-bond donors (Lipinski definition) is 1. The standard InChI is InChI=1S/C15H19N3/c1-12-7-9-18-11-14(12)15(16-2)6-5-13-4-3-8-17-10-13/h3-4,7-11,15-16H,5-6H2,1-2H3. The van der Waals surface area contributed by atoms with Crippen molar-refractivity contribution >= 4 is 0 Å². The number of hydrogen-bond acceptors (Lipinski definition) is 3. The molecule has 2 aromatic rings. The summed E-state index contributed by atoms with van der Waals surface area (Å²) in [6, 6.07) is 6.51. The van der Waals surface area contributed by atoms with Crippen LogP contribution in [-0.4, -0.2) is 17.0 Å². The third-order valence-corrected chi connectivity index (χ3v) is 3.25. The predicted molar refractivity (Wildman–Crippen MR) is 73.3 cm³/mol. The summed E-state index contributed by atoms with van der Waals surface area (Å²) in [5.74, 6) is 0. The monoisotopic (exact) mass is 241 g/mol. The van der Waals surface area contributed by atoms with Crippen LogP contribution in [0, 0.1) is 6.92 Å². The van der Waals surface area contributed by atoms with E-state index < -0.39 is 0 Å². The van der Waals surface area contributed by atoms with Gasteiger partial charge in [0, 0.05) is 30.8 Å². The van der Waals surface area contributed by atoms with E-state index in [1.54, 1.807) is 0 Å². The third kappa shape index (κ3) is 3.14. The zero-order chi connectivity index (χ0) is 12.8. The Morgan fingerprint density at radius 1 is 1.17 bits per heavy atom. The van der Waals surface area contributed by atoms with E-state index >= 15 is 0 Å². The van der Waals surface area contributed by atoms with Crippen molar-refractivity contribution in [2.24, 2.45) is 0 Å². The number of nitrogens with zero attached hydrogens (tertiary/aromatic N) is 2. The van der Waals surface area contributed by atoms with Crippen molar-refractivity contribution in [3.63, 3.8) is 0 Å². The molecule has 0 radical (unpaired) electrons. The maximum Gasteiger partial charge on any atom is 0.0338 e. The zero-order valence-electron chi connectivity index (χ0n) is 10.9. The molecule has 1 N–H and O–H groups in total. The fourth-order valence-corrected chi connectivity index (χ4v) is 2.15. The second-order valence-corrected chi connectivity index (χ2v) is 4.47. The van der Waals surface area contributed by atoms with E-state index in [4.69, 9.17) is 0 Å². The van der Waals surface area contributed by atoms with Gasteiger partial charge in [-0.1, -0.05) is 6.07 Å². The molecule has 0 bridgehead atoms. The van der Waals surface area contributed by atoms with Gasteiger partial charge in [-0.3, -0.25) is 9.97 Å². The summed E-state index contributed by atoms with van der Waals surface area (Å²) in [5, 5.41) is 3.37. The molecule has 0 aliphatic heterocycles. The summed E-state index contributed by atoms with van der Waals surface area (Å²) in [4.78, 5) is 8.36. The molecule has 18 heavy (non-hydrogen) atoms. The summed E-state index contributed by atoms with van der Waals surface area (Å²) in [7, 11) is 2.00. The molecule has 0 aliphatic carbocycles. The number of aryl methyl sites for hydroxylation is 2. The van der Waals surface area contributed by atoms with Gasteiger partial charge in [0.15, 0.2) is 0 Å². The summed E-state index contributed by atoms with van der Waals surface area (Å²) in [5.41, 5.74) is 3.85. The van der Waals surface area contributed by atoms with Gasteiger partial charge in [-0.15, -0.1) is 0 Å². The van der Waals surface area contributed by atoms with Gasteiger partial charge in [-0.05, 0) is 55.6 Å². The highest BCUT2D eigenvalue weighted by molar-refractivity contribution is 5.25. The first-order valence-corrected chi connectivity index (χ1v) is 6.28. The van der Waals surface area contributed by atoms with Crippen molar-refractivity contribution in [2.45, 2.75) is 25.8 Å². The largest absolute Gasteiger partial charge is 0.313 e. The number of aromatic nitrogens is 2. The molecule has 0 fully saturated rings. The normalized spacial score (nSPS) is 12.3. The number of rotatable bonds is 5. The van der Waals surface area contributed by atoms with Gasteiger partial charge in [0.2, 0.25) is 0 Å². The minimum absolute atomic E-state index is 0.346. The molecular weight excluding hydrogens is 222 g/mol. The molecule has 2 rings (SSSR count). The molecule has 0 spiro atoms. The SMILES string of the molecule is CNC(CCc1cccnc1)c1cnccc1C. The van der Waals surface area contributed by atoms with Crippen molar-refractivity contribution in [1.29, 1.82) is 0 Å². The van der Waals surface area contributed by atoms with Crippen LogP contribution in [0.3, 0.4) is 0 Å². The van der Waals surface area contributed by atoms with Crippen LogP contribution in [0.2, 0.25) is 0 Å². The van der Waals surface area contributed by atoms with Crippen molar-refractivity contribution in [3.05, 3.63) is 59.7 Å². The number of nitrogens with one attached hydrogen (secondary N) is 1. The van der Waals surface area contributed by atoms with Crippen LogP contribution in [0.5, 0.6) is 0 Å². The Balaban J connectivity index is 2.04. The average Bonchev–Trinajstić information content (AvgIpc) is 2.42. The second-order valence-electron chi connectivity index (χ2n) is 4.47. The molecule has 0 aliphatic rings. The maximum atomic E-state index is 4.22. The first kappa shape index (κ1) is 12.7. The van der Waals surface area contributed by atoms with Crippen LogP contribution < -0.4 is 5.32 Å². The topological polar surface area (TPSA) is 37.8 Å².